The van der Waals surface area contributed by atoms with Gasteiger partial charge in [-0.15, -0.1) is 0 Å². The van der Waals surface area contributed by atoms with E-state index in [1.807, 2.05) is 35.0 Å². The van der Waals surface area contributed by atoms with Gasteiger partial charge in [0, 0.05) is 31.7 Å². The number of imidazole rings is 1. The third kappa shape index (κ3) is 4.29. The fraction of sp³-hybridized carbons (Fsp3) is 0.111. The first-order valence-electron chi connectivity index (χ1n) is 7.69. The molecule has 2 amide bonds. The van der Waals surface area contributed by atoms with Gasteiger partial charge < -0.3 is 15.6 Å². The third-order valence-corrected chi connectivity index (χ3v) is 3.65. The number of hydrogen-bond acceptors (Lipinski definition) is 4. The van der Waals surface area contributed by atoms with Crippen molar-refractivity contribution in [1.29, 1.82) is 0 Å². The van der Waals surface area contributed by atoms with Crippen molar-refractivity contribution in [1.82, 2.24) is 19.9 Å². The Bertz CT molecular complexity index is 873. The molecule has 1 aromatic carbocycles. The van der Waals surface area contributed by atoms with E-state index in [4.69, 9.17) is 5.73 Å². The molecule has 3 aromatic rings. The Hall–Kier alpha value is -3.48. The first kappa shape index (κ1) is 16.4. The van der Waals surface area contributed by atoms with Crippen molar-refractivity contribution in [3.63, 3.8) is 0 Å². The molecule has 126 valence electrons. The quantitative estimate of drug-likeness (QED) is 0.710. The van der Waals surface area contributed by atoms with Gasteiger partial charge in [0.05, 0.1) is 11.9 Å². The number of primary amides is 1. The van der Waals surface area contributed by atoms with Gasteiger partial charge in [0.15, 0.2) is 0 Å². The average Bonchev–Trinajstić information content (AvgIpc) is 3.13. The molecule has 3 rings (SSSR count). The molecule has 0 saturated carbocycles. The van der Waals surface area contributed by atoms with E-state index in [2.05, 4.69) is 15.3 Å². The van der Waals surface area contributed by atoms with Crippen molar-refractivity contribution in [2.24, 2.45) is 5.73 Å². The number of benzene rings is 1. The van der Waals surface area contributed by atoms with Gasteiger partial charge in [-0.2, -0.15) is 0 Å². The Labute approximate surface area is 144 Å². The highest BCUT2D eigenvalue weighted by Gasteiger charge is 2.08. The monoisotopic (exact) mass is 335 g/mol. The molecule has 0 aliphatic heterocycles. The van der Waals surface area contributed by atoms with Crippen LogP contribution in [0.15, 0.2) is 61.3 Å². The highest BCUT2D eigenvalue weighted by atomic mass is 16.2. The summed E-state index contributed by atoms with van der Waals surface area (Å²) in [5.74, 6) is -0.884. The number of nitrogens with two attached hydrogens (primary N) is 1. The zero-order valence-electron chi connectivity index (χ0n) is 13.4. The molecular formula is C18H17N5O2. The molecule has 0 fully saturated rings. The van der Waals surface area contributed by atoms with Crippen LogP contribution in [0.5, 0.6) is 0 Å². The number of amides is 2. The normalized spacial score (nSPS) is 10.4. The van der Waals surface area contributed by atoms with Gasteiger partial charge in [0.25, 0.3) is 11.8 Å². The van der Waals surface area contributed by atoms with E-state index < -0.39 is 5.91 Å². The van der Waals surface area contributed by atoms with Gasteiger partial charge in [0.1, 0.15) is 5.69 Å². The second-order valence-corrected chi connectivity index (χ2v) is 5.53. The van der Waals surface area contributed by atoms with Crippen molar-refractivity contribution in [2.75, 3.05) is 0 Å². The molecule has 7 heteroatoms. The van der Waals surface area contributed by atoms with Crippen LogP contribution in [-0.4, -0.2) is 26.3 Å². The van der Waals surface area contributed by atoms with Crippen LogP contribution in [0.25, 0.3) is 0 Å². The van der Waals surface area contributed by atoms with Crippen molar-refractivity contribution >= 4 is 11.8 Å². The summed E-state index contributed by atoms with van der Waals surface area (Å²) in [6, 6.07) is 10.9. The van der Waals surface area contributed by atoms with Gasteiger partial charge in [-0.25, -0.2) is 4.98 Å². The number of carbonyl (C=O) groups is 2. The number of nitrogens with one attached hydrogen (secondary N) is 1. The maximum absolute atomic E-state index is 12.2. The minimum Gasteiger partial charge on any atom is -0.364 e. The van der Waals surface area contributed by atoms with Crippen LogP contribution in [0, 0.1) is 0 Å². The average molecular weight is 335 g/mol. The minimum atomic E-state index is -0.623. The summed E-state index contributed by atoms with van der Waals surface area (Å²) in [7, 11) is 0. The summed E-state index contributed by atoms with van der Waals surface area (Å²) in [4.78, 5) is 31.0. The number of pyridine rings is 1. The zero-order valence-corrected chi connectivity index (χ0v) is 13.4. The van der Waals surface area contributed by atoms with E-state index in [1.165, 1.54) is 18.3 Å². The standard InChI is InChI=1S/C18H17N5O2/c19-17(24)16-5-4-15(10-21-16)18(25)22-9-13-2-1-3-14(8-13)11-23-7-6-20-12-23/h1-8,10,12H,9,11H2,(H2,19,24)(H,22,25). The molecule has 7 nitrogen and oxygen atoms in total. The van der Waals surface area contributed by atoms with E-state index in [-0.39, 0.29) is 11.6 Å². The molecule has 0 unspecified atom stereocenters. The topological polar surface area (TPSA) is 103 Å². The molecule has 0 saturated heterocycles. The van der Waals surface area contributed by atoms with Crippen LogP contribution in [0.4, 0.5) is 0 Å². The van der Waals surface area contributed by atoms with Crippen LogP contribution in [0.2, 0.25) is 0 Å². The molecule has 2 heterocycles. The molecule has 0 atom stereocenters. The van der Waals surface area contributed by atoms with Crippen LogP contribution in [0.1, 0.15) is 32.0 Å². The van der Waals surface area contributed by atoms with Crippen molar-refractivity contribution in [3.8, 4) is 0 Å². The minimum absolute atomic E-state index is 0.128. The van der Waals surface area contributed by atoms with Crippen LogP contribution < -0.4 is 11.1 Å². The molecular weight excluding hydrogens is 318 g/mol. The van der Waals surface area contributed by atoms with Crippen molar-refractivity contribution in [2.45, 2.75) is 13.1 Å². The molecule has 0 spiro atoms. The van der Waals surface area contributed by atoms with Gasteiger partial charge in [-0.05, 0) is 23.3 Å². The molecule has 2 aromatic heterocycles. The maximum Gasteiger partial charge on any atom is 0.267 e. The van der Waals surface area contributed by atoms with Gasteiger partial charge in [0.2, 0.25) is 0 Å². The molecule has 0 radical (unpaired) electrons. The summed E-state index contributed by atoms with van der Waals surface area (Å²) < 4.78 is 1.98. The highest BCUT2D eigenvalue weighted by molar-refractivity contribution is 5.95. The highest BCUT2D eigenvalue weighted by Crippen LogP contribution is 2.08. The Morgan fingerprint density at radius 2 is 2.00 bits per heavy atom. The largest absolute Gasteiger partial charge is 0.364 e. The lowest BCUT2D eigenvalue weighted by Gasteiger charge is -2.08. The Morgan fingerprint density at radius 3 is 2.68 bits per heavy atom. The molecule has 0 bridgehead atoms. The second kappa shape index (κ2) is 7.39. The van der Waals surface area contributed by atoms with Crippen LogP contribution >= 0.6 is 0 Å². The summed E-state index contributed by atoms with van der Waals surface area (Å²) in [6.45, 7) is 1.12. The fourth-order valence-electron chi connectivity index (χ4n) is 2.39. The predicted molar refractivity (Wildman–Crippen MR) is 91.7 cm³/mol. The van der Waals surface area contributed by atoms with E-state index >= 15 is 0 Å². The first-order chi connectivity index (χ1) is 12.1. The second-order valence-electron chi connectivity index (χ2n) is 5.53. The number of hydrogen-bond donors (Lipinski definition) is 2. The predicted octanol–water partition coefficient (Wildman–Crippen LogP) is 1.36. The smallest absolute Gasteiger partial charge is 0.267 e. The van der Waals surface area contributed by atoms with E-state index in [0.29, 0.717) is 12.1 Å². The molecule has 0 aliphatic carbocycles. The summed E-state index contributed by atoms with van der Waals surface area (Å²) in [6.07, 6.45) is 6.74. The fourth-order valence-corrected chi connectivity index (χ4v) is 2.39. The van der Waals surface area contributed by atoms with E-state index in [1.54, 1.807) is 12.5 Å². The van der Waals surface area contributed by atoms with Crippen molar-refractivity contribution < 1.29 is 9.59 Å². The lowest BCUT2D eigenvalue weighted by Crippen LogP contribution is -2.23. The maximum atomic E-state index is 12.2. The number of aromatic nitrogens is 3. The summed E-state index contributed by atoms with van der Waals surface area (Å²) in [5, 5.41) is 2.84. The lowest BCUT2D eigenvalue weighted by atomic mass is 10.1. The molecule has 25 heavy (non-hydrogen) atoms. The van der Waals surface area contributed by atoms with Crippen LogP contribution in [0.3, 0.4) is 0 Å². The zero-order chi connectivity index (χ0) is 17.6. The summed E-state index contributed by atoms with van der Waals surface area (Å²) >= 11 is 0. The first-order valence-corrected chi connectivity index (χ1v) is 7.69. The van der Waals surface area contributed by atoms with Gasteiger partial charge in [-0.3, -0.25) is 14.6 Å². The Balaban J connectivity index is 1.61. The summed E-state index contributed by atoms with van der Waals surface area (Å²) in [5.41, 5.74) is 7.75. The SMILES string of the molecule is NC(=O)c1ccc(C(=O)NCc2cccc(Cn3ccnc3)c2)cn1. The molecule has 0 aliphatic rings. The number of rotatable bonds is 6. The van der Waals surface area contributed by atoms with Gasteiger partial charge >= 0.3 is 0 Å². The van der Waals surface area contributed by atoms with Crippen LogP contribution in [-0.2, 0) is 13.1 Å². The van der Waals surface area contributed by atoms with E-state index in [9.17, 15) is 9.59 Å². The number of nitrogens with zero attached hydrogens (tertiary/aromatic N) is 3. The molecule has 3 N–H and O–H groups in total. The lowest BCUT2D eigenvalue weighted by molar-refractivity contribution is 0.0947. The van der Waals surface area contributed by atoms with Gasteiger partial charge in [-0.1, -0.05) is 24.3 Å². The Kier molecular flexibility index (Phi) is 4.84. The Morgan fingerprint density at radius 1 is 1.16 bits per heavy atom. The van der Waals surface area contributed by atoms with Crippen molar-refractivity contribution in [3.05, 3.63) is 83.7 Å². The number of carbonyl (C=O) groups excluding carboxylic acids is 2. The van der Waals surface area contributed by atoms with E-state index in [0.717, 1.165) is 17.7 Å². The third-order valence-electron chi connectivity index (χ3n) is 3.65.